The molecule has 0 radical (unpaired) electrons. The molecule has 0 fully saturated rings. The monoisotopic (exact) mass is 618 g/mol. The Morgan fingerprint density at radius 2 is 1.77 bits per heavy atom. The van der Waals surface area contributed by atoms with Crippen LogP contribution in [0.5, 0.6) is 0 Å². The van der Waals surface area contributed by atoms with Crippen LogP contribution < -0.4 is 27.1 Å². The number of carboxylic acid groups (broad SMARTS) is 1. The Labute approximate surface area is 229 Å². The number of benzene rings is 1. The first-order valence-electron chi connectivity index (χ1n) is 10.4. The summed E-state index contributed by atoms with van der Waals surface area (Å²) >= 11 is 11.8. The zero-order valence-corrected chi connectivity index (χ0v) is 22.3. The third-order valence-electron chi connectivity index (χ3n) is 4.23. The molecule has 0 spiro atoms. The van der Waals surface area contributed by atoms with E-state index in [-0.39, 0.29) is 36.4 Å². The number of hydrogen-bond donors (Lipinski definition) is 5. The van der Waals surface area contributed by atoms with Crippen LogP contribution in [0.2, 0.25) is 10.0 Å². The number of hydrogen-bond acceptors (Lipinski definition) is 7. The second-order valence-corrected chi connectivity index (χ2v) is 9.93. The van der Waals surface area contributed by atoms with E-state index in [2.05, 4.69) is 15.2 Å². The number of aryl methyl sites for hydroxylation is 1. The molecule has 216 valence electrons. The number of carbonyl (C=O) groups excluding carboxylic acids is 1. The average Bonchev–Trinajstić information content (AvgIpc) is 2.80. The van der Waals surface area contributed by atoms with Crippen LogP contribution in [0.25, 0.3) is 0 Å². The maximum absolute atomic E-state index is 12.8. The van der Waals surface area contributed by atoms with Gasteiger partial charge in [-0.1, -0.05) is 29.3 Å². The molecule has 0 aliphatic rings. The summed E-state index contributed by atoms with van der Waals surface area (Å²) in [6.45, 7) is 1.41. The van der Waals surface area contributed by atoms with Gasteiger partial charge in [0.05, 0.1) is 22.3 Å². The van der Waals surface area contributed by atoms with Gasteiger partial charge in [0.2, 0.25) is 21.9 Å². The highest BCUT2D eigenvalue weighted by molar-refractivity contribution is 7.91. The van der Waals surface area contributed by atoms with Crippen molar-refractivity contribution in [2.45, 2.75) is 25.4 Å². The fourth-order valence-corrected chi connectivity index (χ4v) is 4.05. The minimum atomic E-state index is -5.08. The van der Waals surface area contributed by atoms with Gasteiger partial charge >= 0.3 is 12.1 Å². The molecule has 39 heavy (non-hydrogen) atoms. The first kappa shape index (κ1) is 33.3. The number of guanidine groups is 1. The van der Waals surface area contributed by atoms with Crippen molar-refractivity contribution in [1.82, 2.24) is 9.88 Å². The molecule has 0 aliphatic heterocycles. The predicted molar refractivity (Wildman–Crippen MR) is 137 cm³/mol. The van der Waals surface area contributed by atoms with Crippen molar-refractivity contribution >= 4 is 56.7 Å². The fourth-order valence-electron chi connectivity index (χ4n) is 2.55. The summed E-state index contributed by atoms with van der Waals surface area (Å²) < 4.78 is 60.2. The minimum Gasteiger partial charge on any atom is -0.475 e. The molecular formula is C20H23Cl2F3N6O7S. The molecule has 0 saturated carbocycles. The number of oxime groups is 1. The van der Waals surface area contributed by atoms with Gasteiger partial charge in [-0.05, 0) is 41.9 Å². The van der Waals surface area contributed by atoms with Gasteiger partial charge in [-0.15, -0.1) is 0 Å². The van der Waals surface area contributed by atoms with E-state index in [0.29, 0.717) is 16.3 Å². The van der Waals surface area contributed by atoms with Gasteiger partial charge in [-0.3, -0.25) is 14.3 Å². The number of carbonyl (C=O) groups is 2. The minimum absolute atomic E-state index is 0.0199. The lowest BCUT2D eigenvalue weighted by Crippen LogP contribution is -2.36. The molecule has 0 aliphatic carbocycles. The highest BCUT2D eigenvalue weighted by atomic mass is 35.5. The molecule has 19 heteroatoms. The molecule has 1 aromatic carbocycles. The molecule has 1 heterocycles. The highest BCUT2D eigenvalue weighted by Crippen LogP contribution is 2.23. The van der Waals surface area contributed by atoms with Crippen LogP contribution in [0.1, 0.15) is 11.3 Å². The smallest absolute Gasteiger partial charge is 0.475 e. The molecule has 7 N–H and O–H groups in total. The third-order valence-corrected chi connectivity index (χ3v) is 6.21. The van der Waals surface area contributed by atoms with E-state index in [0.717, 1.165) is 4.57 Å². The van der Waals surface area contributed by atoms with Crippen LogP contribution in [0.4, 0.5) is 18.9 Å². The summed E-state index contributed by atoms with van der Waals surface area (Å²) in [4.78, 5) is 38.5. The average molecular weight is 619 g/mol. The van der Waals surface area contributed by atoms with Gasteiger partial charge in [0, 0.05) is 5.69 Å². The number of nitrogens with one attached hydrogen (secondary N) is 2. The van der Waals surface area contributed by atoms with Crippen LogP contribution in [0.15, 0.2) is 40.3 Å². The number of sulfonamides is 1. The topological polar surface area (TPSA) is 208 Å². The standard InChI is InChI=1S/C18H22Cl2N6O5S.C2HF3O2/c1-11-2-5-15(25-32(29,30)10-12-3-4-13(19)14(20)8-12)17(28)26(11)9-16(27)23-6-7-31-24-18(21)22;3-2(4,5)1(6)7/h2-5,8,25H,6-7,9-10H2,1H3,(H,23,27)(H4,21,22,24);(H,6,7). The number of carboxylic acids is 1. The fraction of sp³-hybridized carbons (Fsp3) is 0.300. The largest absolute Gasteiger partial charge is 0.490 e. The van der Waals surface area contributed by atoms with Crippen LogP contribution >= 0.6 is 23.2 Å². The molecule has 13 nitrogen and oxygen atoms in total. The van der Waals surface area contributed by atoms with Crippen LogP contribution in [0.3, 0.4) is 0 Å². The Balaban J connectivity index is 0.000000956. The normalized spacial score (nSPS) is 11.0. The maximum Gasteiger partial charge on any atom is 0.490 e. The molecule has 0 saturated heterocycles. The lowest BCUT2D eigenvalue weighted by Gasteiger charge is -2.13. The van der Waals surface area contributed by atoms with Crippen molar-refractivity contribution in [2.24, 2.45) is 16.6 Å². The third kappa shape index (κ3) is 12.1. The van der Waals surface area contributed by atoms with Crippen molar-refractivity contribution in [2.75, 3.05) is 17.9 Å². The van der Waals surface area contributed by atoms with Gasteiger partial charge in [-0.2, -0.15) is 13.2 Å². The van der Waals surface area contributed by atoms with Crippen molar-refractivity contribution in [3.05, 3.63) is 62.0 Å². The van der Waals surface area contributed by atoms with E-state index in [4.69, 9.17) is 49.4 Å². The predicted octanol–water partition coefficient (Wildman–Crippen LogP) is 1.36. The molecule has 0 bridgehead atoms. The van der Waals surface area contributed by atoms with Crippen LogP contribution in [-0.2, 0) is 36.7 Å². The second kappa shape index (κ2) is 14.5. The molecule has 1 aromatic heterocycles. The quantitative estimate of drug-likeness (QED) is 0.112. The Kier molecular flexibility index (Phi) is 12.4. The number of halogens is 5. The maximum atomic E-state index is 12.8. The summed E-state index contributed by atoms with van der Waals surface area (Å²) in [5.74, 6) is -3.92. The van der Waals surface area contributed by atoms with E-state index in [9.17, 15) is 31.2 Å². The molecule has 0 atom stereocenters. The zero-order chi connectivity index (χ0) is 30.0. The second-order valence-electron chi connectivity index (χ2n) is 7.39. The van der Waals surface area contributed by atoms with Crippen LogP contribution in [-0.4, -0.2) is 55.3 Å². The number of amides is 1. The molecular weight excluding hydrogens is 596 g/mol. The number of aromatic nitrogens is 1. The summed E-state index contributed by atoms with van der Waals surface area (Å²) in [6, 6.07) is 7.28. The Morgan fingerprint density at radius 1 is 1.15 bits per heavy atom. The van der Waals surface area contributed by atoms with Gasteiger partial charge in [0.25, 0.3) is 5.56 Å². The summed E-state index contributed by atoms with van der Waals surface area (Å²) in [7, 11) is -3.94. The Bertz CT molecular complexity index is 1380. The van der Waals surface area contributed by atoms with Crippen molar-refractivity contribution in [3.8, 4) is 0 Å². The van der Waals surface area contributed by atoms with Gasteiger partial charge < -0.3 is 31.3 Å². The van der Waals surface area contributed by atoms with Crippen molar-refractivity contribution < 1.29 is 41.1 Å². The van der Waals surface area contributed by atoms with E-state index in [1.807, 2.05) is 0 Å². The van der Waals surface area contributed by atoms with Gasteiger partial charge in [0.1, 0.15) is 18.8 Å². The van der Waals surface area contributed by atoms with Crippen molar-refractivity contribution in [1.29, 1.82) is 0 Å². The summed E-state index contributed by atoms with van der Waals surface area (Å²) in [5, 5.41) is 13.5. The lowest BCUT2D eigenvalue weighted by atomic mass is 10.2. The molecule has 2 aromatic rings. The molecule has 1 amide bonds. The number of rotatable bonds is 10. The number of pyridine rings is 1. The van der Waals surface area contributed by atoms with E-state index < -0.39 is 39.4 Å². The van der Waals surface area contributed by atoms with Gasteiger partial charge in [0.15, 0.2) is 0 Å². The Morgan fingerprint density at radius 3 is 2.31 bits per heavy atom. The highest BCUT2D eigenvalue weighted by Gasteiger charge is 2.38. The number of aliphatic carboxylic acids is 1. The van der Waals surface area contributed by atoms with Crippen LogP contribution in [0, 0.1) is 6.92 Å². The number of nitrogens with two attached hydrogens (primary N) is 2. The van der Waals surface area contributed by atoms with E-state index >= 15 is 0 Å². The Hall–Kier alpha value is -3.70. The first-order valence-corrected chi connectivity index (χ1v) is 12.8. The summed E-state index contributed by atoms with van der Waals surface area (Å²) in [6.07, 6.45) is -5.08. The van der Waals surface area contributed by atoms with Gasteiger partial charge in [-0.25, -0.2) is 13.2 Å². The SMILES string of the molecule is Cc1ccc(NS(=O)(=O)Cc2ccc(Cl)c(Cl)c2)c(=O)n1CC(=O)NCCON=C(N)N.O=C(O)C(F)(F)F. The molecule has 2 rings (SSSR count). The zero-order valence-electron chi connectivity index (χ0n) is 20.0. The van der Waals surface area contributed by atoms with Crippen molar-refractivity contribution in [3.63, 3.8) is 0 Å². The number of nitrogens with zero attached hydrogens (tertiary/aromatic N) is 2. The van der Waals surface area contributed by atoms with E-state index in [1.165, 1.54) is 30.3 Å². The first-order chi connectivity index (χ1) is 17.9. The lowest BCUT2D eigenvalue weighted by molar-refractivity contribution is -0.192. The molecule has 0 unspecified atom stereocenters. The summed E-state index contributed by atoms with van der Waals surface area (Å²) in [5.41, 5.74) is 10.2. The number of anilines is 1. The van der Waals surface area contributed by atoms with E-state index in [1.54, 1.807) is 6.92 Å². The number of alkyl halides is 3.